The molecule has 4 N–H and O–H groups in total. The predicted molar refractivity (Wildman–Crippen MR) is 535 cm³/mol. The number of likely N-dealkylation sites (tertiary alicyclic amines) is 4. The molecule has 0 aliphatic carbocycles. The summed E-state index contributed by atoms with van der Waals surface area (Å²) in [6.07, 6.45) is 6.78. The SMILES string of the molecule is Cc1csc([C@H](C(=O)N2C[C@H](O)C[C@H]2C(=O)CCc2ccc(-c3scnc3C)cc2)C(C)C)n1.Cc1ncsc1-c1ccc(CCC(=O)[C@@H]2C[C@@H](O)CN2C(=O)[C@@H](c2ccccc2)C(C)C)cc1.Cc1ncsc1-c1ccc(CCC(=O)[C@@H]2C[C@@H](O)CN2C(=O)[C@@H](c2ccccn2)C(C)C)cc1.Cc1ncsc1-c1ccc(CCC(=O)[C@@H]2C[C@@H](O)CN2C(=O)[C@@H](c2nccnn2)C(C)C)cc1. The lowest BCUT2D eigenvalue weighted by Gasteiger charge is -2.30. The predicted octanol–water partition coefficient (Wildman–Crippen LogP) is 17.4. The number of aliphatic hydroxyl groups is 4. The van der Waals surface area contributed by atoms with E-state index in [4.69, 9.17) is 0 Å². The number of aliphatic hydroxyl groups excluding tert-OH is 4. The van der Waals surface area contributed by atoms with Crippen LogP contribution in [0, 0.1) is 58.3 Å². The molecule has 4 saturated heterocycles. The zero-order chi connectivity index (χ0) is 97.1. The molecule has 16 rings (SSSR count). The summed E-state index contributed by atoms with van der Waals surface area (Å²) in [7, 11) is 0. The fourth-order valence-corrected chi connectivity index (χ4v) is 22.9. The van der Waals surface area contributed by atoms with Gasteiger partial charge in [0, 0.05) is 101 Å². The van der Waals surface area contributed by atoms with Crippen LogP contribution in [0.15, 0.2) is 192 Å². The van der Waals surface area contributed by atoms with E-state index in [1.54, 1.807) is 66.2 Å². The van der Waals surface area contributed by atoms with Crippen LogP contribution < -0.4 is 0 Å². The second-order valence-corrected chi connectivity index (χ2v) is 41.5. The van der Waals surface area contributed by atoms with Crippen molar-refractivity contribution in [2.24, 2.45) is 23.7 Å². The normalized spacial score (nSPS) is 18.9. The molecule has 0 spiro atoms. The molecule has 0 radical (unpaired) electrons. The van der Waals surface area contributed by atoms with Crippen LogP contribution in [-0.2, 0) is 64.0 Å². The van der Waals surface area contributed by atoms with Gasteiger partial charge in [0.2, 0.25) is 23.6 Å². The Kier molecular flexibility index (Phi) is 35.9. The van der Waals surface area contributed by atoms with E-state index in [9.17, 15) is 58.8 Å². The quantitative estimate of drug-likeness (QED) is 0.0304. The molecule has 12 atom stereocenters. The van der Waals surface area contributed by atoms with Crippen LogP contribution in [0.2, 0.25) is 0 Å². The van der Waals surface area contributed by atoms with Crippen molar-refractivity contribution >= 4 is 103 Å². The minimum atomic E-state index is -0.720. The Morgan fingerprint density at radius 2 is 0.662 bits per heavy atom. The van der Waals surface area contributed by atoms with Crippen molar-refractivity contribution in [3.05, 3.63) is 264 Å². The topological polar surface area (TPSA) is 346 Å². The number of carbonyl (C=O) groups is 8. The Morgan fingerprint density at radius 3 is 0.941 bits per heavy atom. The number of β-amino-alcohol motifs (C(OH)–C–C–N with tert-alkyl or cyclic N) is 4. The molecule has 25 nitrogen and oxygen atoms in total. The Balaban J connectivity index is 0.000000153. The largest absolute Gasteiger partial charge is 0.391 e. The van der Waals surface area contributed by atoms with Gasteiger partial charge in [-0.3, -0.25) is 43.3 Å². The number of carbonyl (C=O) groups excluding carboxylic acids is 8. The number of ketones is 4. The summed E-state index contributed by atoms with van der Waals surface area (Å²) in [5.41, 5.74) is 22.8. The molecule has 136 heavy (non-hydrogen) atoms. The van der Waals surface area contributed by atoms with Crippen molar-refractivity contribution in [1.82, 2.24) is 64.7 Å². The maximum absolute atomic E-state index is 13.6. The van der Waals surface area contributed by atoms with Gasteiger partial charge in [-0.05, 0) is 146 Å². The van der Waals surface area contributed by atoms with Crippen molar-refractivity contribution in [1.29, 1.82) is 0 Å². The molecule has 5 aromatic carbocycles. The summed E-state index contributed by atoms with van der Waals surface area (Å²) in [5, 5.41) is 51.9. The lowest BCUT2D eigenvalue weighted by molar-refractivity contribution is -0.140. The Morgan fingerprint density at radius 1 is 0.346 bits per heavy atom. The van der Waals surface area contributed by atoms with Crippen LogP contribution in [-0.4, -0.2) is 207 Å². The smallest absolute Gasteiger partial charge is 0.234 e. The standard InChI is InChI=1S/C28H32N2O3S.C27H31N3O3S.C26H31N3O3S2.C25H29N5O3S/c1-18(2)26(21-7-5-4-6-8-21)28(33)30-16-23(31)15-24(30)25(32)14-11-20-9-12-22(13-10-20)27-19(3)29-17-34-27;1-17(2)25(22-6-4-5-13-28-22)27(33)30-15-21(31)14-23(30)24(32)12-9-19-7-10-20(11-8-19)26-18(3)29-16-34-26;1-15(2)23(25-28-16(3)13-33-25)26(32)29-12-20(30)11-21(29)22(31)10-7-18-5-8-19(9-6-18)24-17(4)27-14-34-24;1-15(2)22(24-26-10-11-28-29-24)25(33)30-13-19(31)12-20(30)21(32)9-6-17-4-7-18(8-5-17)23-16(3)27-14-34-23/h4-10,12-13,17-18,23-24,26,31H,11,14-16H2,1-3H3;4-8,10-11,13,16-17,21,23,25,31H,9,12,14-15H2,1-3H3;5-6,8-9,13-15,20-21,23,30H,7,10-12H2,1-4H3;4-5,7-8,10-11,14-15,19-20,22,31H,6,9,12-13H2,1-3H3/t23-,24+,26-;21-,23+,25-;20-,21+,23-;19-,20+,22-/m1111/s1. The number of nitrogens with zero attached hydrogens (tertiary/aromatic N) is 13. The number of hydrogen-bond acceptors (Lipinski definition) is 26. The third kappa shape index (κ3) is 25.8. The Labute approximate surface area is 816 Å². The average molecular weight is 1930 g/mol. The van der Waals surface area contributed by atoms with Crippen LogP contribution in [0.25, 0.3) is 41.8 Å². The number of benzene rings is 5. The highest BCUT2D eigenvalue weighted by atomic mass is 32.1. The van der Waals surface area contributed by atoms with Crippen LogP contribution >= 0.6 is 56.7 Å². The van der Waals surface area contributed by atoms with E-state index in [0.29, 0.717) is 82.1 Å². The monoisotopic (exact) mass is 1930 g/mol. The highest BCUT2D eigenvalue weighted by Gasteiger charge is 2.47. The summed E-state index contributed by atoms with van der Waals surface area (Å²) in [4.78, 5) is 148. The van der Waals surface area contributed by atoms with Crippen molar-refractivity contribution in [3.8, 4) is 41.8 Å². The molecular formula is C106H123N13O12S5. The van der Waals surface area contributed by atoms with Gasteiger partial charge < -0.3 is 40.0 Å². The first-order valence-corrected chi connectivity index (χ1v) is 51.2. The van der Waals surface area contributed by atoms with Crippen LogP contribution in [0.5, 0.6) is 0 Å². The first-order valence-electron chi connectivity index (χ1n) is 46.8. The second-order valence-electron chi connectivity index (χ2n) is 37.2. The molecule has 4 fully saturated rings. The van der Waals surface area contributed by atoms with Gasteiger partial charge in [-0.2, -0.15) is 5.10 Å². The van der Waals surface area contributed by atoms with Gasteiger partial charge in [0.05, 0.1) is 143 Å². The summed E-state index contributed by atoms with van der Waals surface area (Å²) in [5.74, 6) is -1.93. The average Bonchev–Trinajstić information content (AvgIpc) is 1.68. The van der Waals surface area contributed by atoms with Crippen LogP contribution in [0.1, 0.15) is 203 Å². The van der Waals surface area contributed by atoms with E-state index >= 15 is 0 Å². The molecular weight excluding hydrogens is 1810 g/mol. The third-order valence-corrected chi connectivity index (χ3v) is 30.8. The van der Waals surface area contributed by atoms with Gasteiger partial charge in [0.15, 0.2) is 29.0 Å². The fourth-order valence-electron chi connectivity index (χ4n) is 18.6. The number of rotatable bonds is 32. The Bertz CT molecular complexity index is 5560. The van der Waals surface area contributed by atoms with Crippen molar-refractivity contribution in [2.45, 2.75) is 239 Å². The zero-order valence-electron chi connectivity index (χ0n) is 79.4. The number of hydrogen-bond donors (Lipinski definition) is 4. The summed E-state index contributed by atoms with van der Waals surface area (Å²) >= 11 is 7.95. The highest BCUT2D eigenvalue weighted by molar-refractivity contribution is 7.14. The first-order chi connectivity index (χ1) is 65.3. The number of Topliss-reactive ketones (excluding diaryl/α,β-unsaturated/α-hetero) is 4. The maximum atomic E-state index is 13.6. The first kappa shape index (κ1) is 102. The molecule has 7 aromatic heterocycles. The lowest BCUT2D eigenvalue weighted by atomic mass is 9.87. The molecule has 4 amide bonds. The van der Waals surface area contributed by atoms with Gasteiger partial charge in [0.25, 0.3) is 0 Å². The number of pyridine rings is 1. The van der Waals surface area contributed by atoms with Gasteiger partial charge in [-0.15, -0.1) is 61.8 Å². The molecule has 0 bridgehead atoms. The fraction of sp³-hybridized carbons (Fsp3) is 0.425. The highest BCUT2D eigenvalue weighted by Crippen LogP contribution is 2.40. The number of thiazole rings is 5. The van der Waals surface area contributed by atoms with E-state index < -0.39 is 66.3 Å². The molecule has 4 aliphatic rings. The third-order valence-electron chi connectivity index (χ3n) is 25.8. The molecule has 11 heterocycles. The minimum Gasteiger partial charge on any atom is -0.391 e. The van der Waals surface area contributed by atoms with Gasteiger partial charge in [0.1, 0.15) is 10.9 Å². The zero-order valence-corrected chi connectivity index (χ0v) is 83.5. The van der Waals surface area contributed by atoms with E-state index in [1.165, 1.54) is 28.6 Å². The van der Waals surface area contributed by atoms with E-state index in [2.05, 4.69) is 106 Å². The maximum Gasteiger partial charge on any atom is 0.234 e. The van der Waals surface area contributed by atoms with Crippen LogP contribution in [0.3, 0.4) is 0 Å². The molecule has 30 heteroatoms. The minimum absolute atomic E-state index is 0.00388. The van der Waals surface area contributed by atoms with Gasteiger partial charge in [-0.25, -0.2) is 29.9 Å². The Hall–Kier alpha value is -11.2. The van der Waals surface area contributed by atoms with E-state index in [1.807, 2.05) is 202 Å². The summed E-state index contributed by atoms with van der Waals surface area (Å²) in [6.45, 7) is 26.5. The van der Waals surface area contributed by atoms with E-state index in [-0.39, 0.29) is 109 Å². The van der Waals surface area contributed by atoms with Crippen LogP contribution in [0.4, 0.5) is 0 Å². The number of amides is 4. The molecule has 4 aliphatic heterocycles. The molecule has 714 valence electrons. The molecule has 0 saturated carbocycles. The summed E-state index contributed by atoms with van der Waals surface area (Å²) < 4.78 is 0. The lowest BCUT2D eigenvalue weighted by Crippen LogP contribution is -2.44. The summed E-state index contributed by atoms with van der Waals surface area (Å²) in [6, 6.07) is 45.8. The number of aromatic nitrogens is 9. The number of aryl methyl sites for hydroxylation is 9. The molecule has 0 unspecified atom stereocenters. The van der Waals surface area contributed by atoms with E-state index in [0.717, 1.165) is 103 Å². The second kappa shape index (κ2) is 47.7. The van der Waals surface area contributed by atoms with Crippen molar-refractivity contribution < 1.29 is 58.8 Å². The van der Waals surface area contributed by atoms with Gasteiger partial charge >= 0.3 is 0 Å². The van der Waals surface area contributed by atoms with Gasteiger partial charge in [-0.1, -0.05) is 189 Å². The molecule has 12 aromatic rings. The van der Waals surface area contributed by atoms with Crippen molar-refractivity contribution in [3.63, 3.8) is 0 Å². The van der Waals surface area contributed by atoms with Crippen molar-refractivity contribution in [2.75, 3.05) is 26.2 Å².